The average molecular weight is 394 g/mol. The maximum Gasteiger partial charge on any atom is 0.272 e. The molecule has 2 amide bonds. The minimum absolute atomic E-state index is 0.0117. The number of H-pyrrole nitrogens is 2. The first-order valence-electron chi connectivity index (χ1n) is 8.21. The lowest BCUT2D eigenvalue weighted by molar-refractivity contribution is -0.115. The van der Waals surface area contributed by atoms with Gasteiger partial charge in [0.05, 0.1) is 23.2 Å². The monoisotopic (exact) mass is 394 g/mol. The molecule has 3 aromatic heterocycles. The molecule has 0 bridgehead atoms. The number of rotatable bonds is 5. The van der Waals surface area contributed by atoms with Gasteiger partial charge in [-0.1, -0.05) is 18.2 Å². The molecule has 0 aliphatic rings. The van der Waals surface area contributed by atoms with Crippen LogP contribution in [0, 0.1) is 0 Å². The van der Waals surface area contributed by atoms with Gasteiger partial charge in [0.15, 0.2) is 5.13 Å². The Kier molecular flexibility index (Phi) is 4.45. The van der Waals surface area contributed by atoms with Gasteiger partial charge >= 0.3 is 0 Å². The van der Waals surface area contributed by atoms with E-state index in [-0.39, 0.29) is 23.6 Å². The van der Waals surface area contributed by atoms with E-state index in [0.29, 0.717) is 32.9 Å². The van der Waals surface area contributed by atoms with Gasteiger partial charge in [0.2, 0.25) is 5.91 Å². The molecule has 0 saturated heterocycles. The van der Waals surface area contributed by atoms with E-state index in [1.165, 1.54) is 11.3 Å². The average Bonchev–Trinajstić information content (AvgIpc) is 3.34. The third-order valence-corrected chi connectivity index (χ3v) is 4.86. The molecule has 4 rings (SSSR count). The number of primary amides is 1. The maximum atomic E-state index is 12.4. The number of nitrogens with one attached hydrogen (secondary N) is 3. The van der Waals surface area contributed by atoms with Crippen LogP contribution in [0.1, 0.15) is 16.2 Å². The Hall–Kier alpha value is -3.79. The van der Waals surface area contributed by atoms with Crippen molar-refractivity contribution >= 4 is 39.1 Å². The summed E-state index contributed by atoms with van der Waals surface area (Å²) in [5.74, 6) is -0.867. The minimum atomic E-state index is -0.560. The van der Waals surface area contributed by atoms with Gasteiger partial charge in [-0.3, -0.25) is 14.4 Å². The molecule has 1 aromatic carbocycles. The molecule has 4 aromatic rings. The molecule has 0 radical (unpaired) electrons. The number of fused-ring (bicyclic) bond motifs is 1. The molecule has 0 unspecified atom stereocenters. The first-order chi connectivity index (χ1) is 13.5. The highest BCUT2D eigenvalue weighted by Crippen LogP contribution is 2.25. The second-order valence-electron chi connectivity index (χ2n) is 5.97. The third kappa shape index (κ3) is 3.40. The van der Waals surface area contributed by atoms with Gasteiger partial charge in [0.25, 0.3) is 11.5 Å². The number of thiazole rings is 1. The van der Waals surface area contributed by atoms with E-state index >= 15 is 0 Å². The summed E-state index contributed by atoms with van der Waals surface area (Å²) in [5.41, 5.74) is 6.98. The molecule has 10 heteroatoms. The van der Waals surface area contributed by atoms with Gasteiger partial charge in [-0.15, -0.1) is 11.3 Å². The number of benzene rings is 1. The number of carbonyl (C=O) groups excluding carboxylic acids is 2. The van der Waals surface area contributed by atoms with Crippen molar-refractivity contribution in [3.8, 4) is 11.3 Å². The number of carbonyl (C=O) groups is 2. The standard InChI is InChI=1S/C18H14N6O3S/c19-16(26)13-5-9(7-20-13)14-8-28-18(21-14)22-15(25)6-12-10-3-1-2-4-11(10)17(27)24-23-12/h1-5,7-8,20H,6H2,(H2,19,26)(H,24,27)(H,21,22,25). The van der Waals surface area contributed by atoms with Gasteiger partial charge in [-0.25, -0.2) is 10.1 Å². The smallest absolute Gasteiger partial charge is 0.272 e. The van der Waals surface area contributed by atoms with Crippen LogP contribution in [-0.2, 0) is 11.2 Å². The Labute approximate surface area is 161 Å². The van der Waals surface area contributed by atoms with Crippen LogP contribution >= 0.6 is 11.3 Å². The largest absolute Gasteiger partial charge is 0.364 e. The maximum absolute atomic E-state index is 12.4. The summed E-state index contributed by atoms with van der Waals surface area (Å²) in [7, 11) is 0. The van der Waals surface area contributed by atoms with Gasteiger partial charge in [-0.2, -0.15) is 5.10 Å². The van der Waals surface area contributed by atoms with Crippen molar-refractivity contribution in [2.75, 3.05) is 5.32 Å². The first-order valence-corrected chi connectivity index (χ1v) is 9.09. The molecular weight excluding hydrogens is 380 g/mol. The van der Waals surface area contributed by atoms with E-state index in [9.17, 15) is 14.4 Å². The van der Waals surface area contributed by atoms with Gasteiger partial charge in [-0.05, 0) is 12.1 Å². The first kappa shape index (κ1) is 17.6. The Morgan fingerprint density at radius 1 is 1.21 bits per heavy atom. The zero-order chi connectivity index (χ0) is 19.7. The zero-order valence-corrected chi connectivity index (χ0v) is 15.2. The summed E-state index contributed by atoms with van der Waals surface area (Å²) in [4.78, 5) is 42.5. The van der Waals surface area contributed by atoms with Crippen molar-refractivity contribution < 1.29 is 9.59 Å². The number of anilines is 1. The van der Waals surface area contributed by atoms with Crippen molar-refractivity contribution in [2.24, 2.45) is 5.73 Å². The highest BCUT2D eigenvalue weighted by atomic mass is 32.1. The van der Waals surface area contributed by atoms with Crippen molar-refractivity contribution in [1.82, 2.24) is 20.2 Å². The Balaban J connectivity index is 1.51. The van der Waals surface area contributed by atoms with Crippen LogP contribution in [0.2, 0.25) is 0 Å². The quantitative estimate of drug-likeness (QED) is 0.406. The van der Waals surface area contributed by atoms with Crippen LogP contribution in [0.15, 0.2) is 46.7 Å². The van der Waals surface area contributed by atoms with Crippen LogP contribution in [0.5, 0.6) is 0 Å². The van der Waals surface area contributed by atoms with Crippen molar-refractivity contribution in [3.05, 3.63) is 63.7 Å². The van der Waals surface area contributed by atoms with E-state index in [0.717, 1.165) is 0 Å². The summed E-state index contributed by atoms with van der Waals surface area (Å²) >= 11 is 1.26. The number of hydrogen-bond donors (Lipinski definition) is 4. The molecule has 0 saturated carbocycles. The third-order valence-electron chi connectivity index (χ3n) is 4.10. The van der Waals surface area contributed by atoms with E-state index in [4.69, 9.17) is 5.73 Å². The fourth-order valence-corrected chi connectivity index (χ4v) is 3.51. The predicted octanol–water partition coefficient (Wildman–Crippen LogP) is 1.65. The molecule has 28 heavy (non-hydrogen) atoms. The lowest BCUT2D eigenvalue weighted by atomic mass is 10.1. The number of hydrogen-bond acceptors (Lipinski definition) is 6. The lowest BCUT2D eigenvalue weighted by Gasteiger charge is -2.04. The number of aromatic amines is 2. The van der Waals surface area contributed by atoms with Gasteiger partial charge in [0, 0.05) is 22.5 Å². The summed E-state index contributed by atoms with van der Waals surface area (Å²) in [6, 6.07) is 8.57. The molecule has 0 spiro atoms. The topological polar surface area (TPSA) is 147 Å². The summed E-state index contributed by atoms with van der Waals surface area (Å²) in [6.07, 6.45) is 1.61. The van der Waals surface area contributed by atoms with Crippen LogP contribution in [0.25, 0.3) is 22.0 Å². The summed E-state index contributed by atoms with van der Waals surface area (Å²) in [5, 5.41) is 12.4. The van der Waals surface area contributed by atoms with E-state index in [1.54, 1.807) is 41.9 Å². The summed E-state index contributed by atoms with van der Waals surface area (Å²) < 4.78 is 0. The minimum Gasteiger partial charge on any atom is -0.364 e. The van der Waals surface area contributed by atoms with Crippen LogP contribution in [0.4, 0.5) is 5.13 Å². The SMILES string of the molecule is NC(=O)c1cc(-c2csc(NC(=O)Cc3n[nH]c(=O)c4ccccc34)n2)c[nH]1. The number of nitrogens with zero attached hydrogens (tertiary/aromatic N) is 2. The normalized spacial score (nSPS) is 10.9. The Morgan fingerprint density at radius 3 is 2.75 bits per heavy atom. The highest BCUT2D eigenvalue weighted by molar-refractivity contribution is 7.14. The van der Waals surface area contributed by atoms with Gasteiger partial charge in [0.1, 0.15) is 5.69 Å². The molecule has 0 fully saturated rings. The highest BCUT2D eigenvalue weighted by Gasteiger charge is 2.14. The number of amides is 2. The molecule has 0 atom stereocenters. The molecule has 9 nitrogen and oxygen atoms in total. The fraction of sp³-hybridized carbons (Fsp3) is 0.0556. The lowest BCUT2D eigenvalue weighted by Crippen LogP contribution is -2.18. The van der Waals surface area contributed by atoms with E-state index in [2.05, 4.69) is 25.5 Å². The summed E-state index contributed by atoms with van der Waals surface area (Å²) in [6.45, 7) is 0. The second-order valence-corrected chi connectivity index (χ2v) is 6.83. The fourth-order valence-electron chi connectivity index (χ4n) is 2.77. The van der Waals surface area contributed by atoms with Gasteiger partial charge < -0.3 is 16.0 Å². The predicted molar refractivity (Wildman–Crippen MR) is 105 cm³/mol. The number of nitrogens with two attached hydrogens (primary N) is 1. The van der Waals surface area contributed by atoms with Crippen molar-refractivity contribution in [3.63, 3.8) is 0 Å². The molecule has 3 heterocycles. The molecular formula is C18H14N6O3S. The molecule has 0 aliphatic carbocycles. The zero-order valence-electron chi connectivity index (χ0n) is 14.4. The van der Waals surface area contributed by atoms with Crippen LogP contribution in [-0.4, -0.2) is 32.0 Å². The van der Waals surface area contributed by atoms with E-state index < -0.39 is 5.91 Å². The van der Waals surface area contributed by atoms with Crippen molar-refractivity contribution in [2.45, 2.75) is 6.42 Å². The van der Waals surface area contributed by atoms with E-state index in [1.807, 2.05) is 0 Å². The Morgan fingerprint density at radius 2 is 2.00 bits per heavy atom. The van der Waals surface area contributed by atoms with Crippen molar-refractivity contribution in [1.29, 1.82) is 0 Å². The molecule has 5 N–H and O–H groups in total. The molecule has 0 aliphatic heterocycles. The van der Waals surface area contributed by atoms with Crippen LogP contribution in [0.3, 0.4) is 0 Å². The molecule has 140 valence electrons. The second kappa shape index (κ2) is 7.08. The Bertz CT molecular complexity index is 1260. The number of aromatic nitrogens is 4. The van der Waals surface area contributed by atoms with Crippen LogP contribution < -0.4 is 16.6 Å².